The molecule has 0 heterocycles. The highest BCUT2D eigenvalue weighted by Crippen LogP contribution is 2.16. The van der Waals surface area contributed by atoms with E-state index < -0.39 is 0 Å². The molecule has 1 aromatic carbocycles. The topological polar surface area (TPSA) is 0 Å². The summed E-state index contributed by atoms with van der Waals surface area (Å²) in [4.78, 5) is 0. The summed E-state index contributed by atoms with van der Waals surface area (Å²) >= 11 is 0. The third-order valence-corrected chi connectivity index (χ3v) is 3.97. The van der Waals surface area contributed by atoms with E-state index in [2.05, 4.69) is 38.1 Å². The fourth-order valence-corrected chi connectivity index (χ4v) is 2.69. The Morgan fingerprint density at radius 2 is 1.05 bits per heavy atom. The number of benzene rings is 1. The summed E-state index contributed by atoms with van der Waals surface area (Å²) in [5.41, 5.74) is 3.19. The van der Waals surface area contributed by atoms with E-state index in [1.54, 1.807) is 11.1 Å². The molecule has 0 saturated heterocycles. The number of hydrogen-bond acceptors (Lipinski definition) is 0. The SMILES string of the molecule is CCCCCCCCCc1ccccc1CCCC. The van der Waals surface area contributed by atoms with Gasteiger partial charge in [-0.15, -0.1) is 0 Å². The molecular weight excluding hydrogens is 228 g/mol. The molecule has 0 radical (unpaired) electrons. The maximum Gasteiger partial charge on any atom is -0.0276 e. The first-order valence-electron chi connectivity index (χ1n) is 8.45. The van der Waals surface area contributed by atoms with Crippen LogP contribution in [0.2, 0.25) is 0 Å². The molecule has 0 saturated carbocycles. The fourth-order valence-electron chi connectivity index (χ4n) is 2.69. The molecule has 0 spiro atoms. The maximum absolute atomic E-state index is 2.34. The Morgan fingerprint density at radius 3 is 1.63 bits per heavy atom. The molecule has 0 unspecified atom stereocenters. The van der Waals surface area contributed by atoms with Crippen molar-refractivity contribution in [2.45, 2.75) is 84.5 Å². The highest BCUT2D eigenvalue weighted by molar-refractivity contribution is 5.27. The summed E-state index contributed by atoms with van der Waals surface area (Å²) < 4.78 is 0. The van der Waals surface area contributed by atoms with Crippen molar-refractivity contribution in [1.29, 1.82) is 0 Å². The van der Waals surface area contributed by atoms with E-state index in [-0.39, 0.29) is 0 Å². The van der Waals surface area contributed by atoms with E-state index in [9.17, 15) is 0 Å². The zero-order chi connectivity index (χ0) is 13.8. The predicted octanol–water partition coefficient (Wildman–Crippen LogP) is 6.32. The van der Waals surface area contributed by atoms with E-state index >= 15 is 0 Å². The van der Waals surface area contributed by atoms with Gasteiger partial charge in [0.05, 0.1) is 0 Å². The summed E-state index contributed by atoms with van der Waals surface area (Å²) in [7, 11) is 0. The van der Waals surface area contributed by atoms with Crippen molar-refractivity contribution in [3.63, 3.8) is 0 Å². The molecule has 0 aromatic heterocycles. The third kappa shape index (κ3) is 7.40. The summed E-state index contributed by atoms with van der Waals surface area (Å²) in [6.07, 6.45) is 15.0. The molecule has 1 aromatic rings. The predicted molar refractivity (Wildman–Crippen MR) is 86.8 cm³/mol. The van der Waals surface area contributed by atoms with Gasteiger partial charge in [-0.3, -0.25) is 0 Å². The Kier molecular flexibility index (Phi) is 9.49. The highest BCUT2D eigenvalue weighted by atomic mass is 14.1. The van der Waals surface area contributed by atoms with Crippen LogP contribution >= 0.6 is 0 Å². The minimum absolute atomic E-state index is 1.27. The smallest absolute Gasteiger partial charge is 0.0276 e. The van der Waals surface area contributed by atoms with Crippen molar-refractivity contribution >= 4 is 0 Å². The minimum atomic E-state index is 1.27. The van der Waals surface area contributed by atoms with Crippen molar-refractivity contribution in [2.75, 3.05) is 0 Å². The standard InChI is InChI=1S/C19H32/c1-3-5-7-8-9-10-11-15-19-17-13-12-16-18(19)14-6-4-2/h12-13,16-17H,3-11,14-15H2,1-2H3. The zero-order valence-electron chi connectivity index (χ0n) is 13.1. The molecule has 0 N–H and O–H groups in total. The van der Waals surface area contributed by atoms with Crippen LogP contribution in [-0.4, -0.2) is 0 Å². The number of hydrogen-bond donors (Lipinski definition) is 0. The van der Waals surface area contributed by atoms with Gasteiger partial charge in [-0.25, -0.2) is 0 Å². The van der Waals surface area contributed by atoms with Crippen molar-refractivity contribution in [1.82, 2.24) is 0 Å². The molecule has 0 fully saturated rings. The van der Waals surface area contributed by atoms with Crippen LogP contribution in [0.25, 0.3) is 0 Å². The van der Waals surface area contributed by atoms with Crippen molar-refractivity contribution in [3.05, 3.63) is 35.4 Å². The van der Waals surface area contributed by atoms with Gasteiger partial charge in [0, 0.05) is 0 Å². The molecule has 1 rings (SSSR count). The highest BCUT2D eigenvalue weighted by Gasteiger charge is 2.01. The van der Waals surface area contributed by atoms with Crippen LogP contribution in [-0.2, 0) is 12.8 Å². The van der Waals surface area contributed by atoms with Gasteiger partial charge in [0.25, 0.3) is 0 Å². The zero-order valence-corrected chi connectivity index (χ0v) is 13.1. The first-order chi connectivity index (χ1) is 9.38. The second-order valence-corrected chi connectivity index (χ2v) is 5.74. The lowest BCUT2D eigenvalue weighted by Crippen LogP contribution is -1.94. The second-order valence-electron chi connectivity index (χ2n) is 5.74. The minimum Gasteiger partial charge on any atom is -0.0654 e. The van der Waals surface area contributed by atoms with Gasteiger partial charge in [0.2, 0.25) is 0 Å². The van der Waals surface area contributed by atoms with Crippen LogP contribution in [0.5, 0.6) is 0 Å². The van der Waals surface area contributed by atoms with E-state index in [4.69, 9.17) is 0 Å². The average molecular weight is 260 g/mol. The summed E-state index contributed by atoms with van der Waals surface area (Å²) in [6.45, 7) is 4.56. The van der Waals surface area contributed by atoms with Crippen LogP contribution in [0.1, 0.15) is 82.8 Å². The van der Waals surface area contributed by atoms with Crippen LogP contribution < -0.4 is 0 Å². The van der Waals surface area contributed by atoms with Crippen molar-refractivity contribution in [3.8, 4) is 0 Å². The number of rotatable bonds is 11. The summed E-state index contributed by atoms with van der Waals surface area (Å²) in [5.74, 6) is 0. The lowest BCUT2D eigenvalue weighted by molar-refractivity contribution is 0.588. The Balaban J connectivity index is 2.21. The van der Waals surface area contributed by atoms with Gasteiger partial charge in [0.1, 0.15) is 0 Å². The van der Waals surface area contributed by atoms with Crippen LogP contribution in [0.3, 0.4) is 0 Å². The molecule has 0 aliphatic rings. The first kappa shape index (κ1) is 16.3. The van der Waals surface area contributed by atoms with Crippen molar-refractivity contribution < 1.29 is 0 Å². The van der Waals surface area contributed by atoms with Gasteiger partial charge in [0.15, 0.2) is 0 Å². The number of aryl methyl sites for hydroxylation is 2. The van der Waals surface area contributed by atoms with E-state index in [1.807, 2.05) is 0 Å². The maximum atomic E-state index is 2.34. The van der Waals surface area contributed by atoms with Gasteiger partial charge in [-0.05, 0) is 36.8 Å². The quantitative estimate of drug-likeness (QED) is 0.408. The third-order valence-electron chi connectivity index (χ3n) is 3.97. The lowest BCUT2D eigenvalue weighted by atomic mass is 9.97. The monoisotopic (exact) mass is 260 g/mol. The molecular formula is C19H32. The molecule has 0 bridgehead atoms. The Bertz CT molecular complexity index is 314. The molecule has 19 heavy (non-hydrogen) atoms. The van der Waals surface area contributed by atoms with Gasteiger partial charge < -0.3 is 0 Å². The average Bonchev–Trinajstić information content (AvgIpc) is 2.45. The fraction of sp³-hybridized carbons (Fsp3) is 0.684. The molecule has 0 atom stereocenters. The Labute approximate surface area is 120 Å². The molecule has 0 aliphatic heterocycles. The second kappa shape index (κ2) is 11.1. The van der Waals surface area contributed by atoms with Gasteiger partial charge in [-0.2, -0.15) is 0 Å². The molecule has 0 amide bonds. The number of unbranched alkanes of at least 4 members (excludes halogenated alkanes) is 7. The lowest BCUT2D eigenvalue weighted by Gasteiger charge is -2.09. The molecule has 0 aliphatic carbocycles. The Morgan fingerprint density at radius 1 is 0.579 bits per heavy atom. The normalized spacial score (nSPS) is 10.8. The van der Waals surface area contributed by atoms with Crippen molar-refractivity contribution in [2.24, 2.45) is 0 Å². The van der Waals surface area contributed by atoms with Crippen LogP contribution in [0.15, 0.2) is 24.3 Å². The molecule has 0 heteroatoms. The first-order valence-corrected chi connectivity index (χ1v) is 8.45. The van der Waals surface area contributed by atoms with Gasteiger partial charge in [-0.1, -0.05) is 83.1 Å². The largest absolute Gasteiger partial charge is 0.0654 e. The van der Waals surface area contributed by atoms with E-state index in [0.717, 1.165) is 0 Å². The molecule has 0 nitrogen and oxygen atoms in total. The van der Waals surface area contributed by atoms with Crippen LogP contribution in [0, 0.1) is 0 Å². The molecule has 108 valence electrons. The summed E-state index contributed by atoms with van der Waals surface area (Å²) in [5, 5.41) is 0. The van der Waals surface area contributed by atoms with Gasteiger partial charge >= 0.3 is 0 Å². The Hall–Kier alpha value is -0.780. The summed E-state index contributed by atoms with van der Waals surface area (Å²) in [6, 6.07) is 9.06. The van der Waals surface area contributed by atoms with E-state index in [1.165, 1.54) is 70.6 Å². The van der Waals surface area contributed by atoms with E-state index in [0.29, 0.717) is 0 Å². The van der Waals surface area contributed by atoms with Crippen LogP contribution in [0.4, 0.5) is 0 Å².